The Morgan fingerprint density at radius 3 is 2.43 bits per heavy atom. The zero-order valence-electron chi connectivity index (χ0n) is 19.7. The lowest BCUT2D eigenvalue weighted by molar-refractivity contribution is -0.122. The van der Waals surface area contributed by atoms with E-state index < -0.39 is 17.9 Å². The maximum atomic E-state index is 13.1. The van der Waals surface area contributed by atoms with Gasteiger partial charge in [-0.05, 0) is 31.3 Å². The number of nitrogens with one attached hydrogen (secondary N) is 2. The molecule has 2 amide bonds. The molecule has 2 aromatic heterocycles. The van der Waals surface area contributed by atoms with Gasteiger partial charge < -0.3 is 24.7 Å². The monoisotopic (exact) mass is 472 g/mol. The van der Waals surface area contributed by atoms with Gasteiger partial charge in [-0.25, -0.2) is 0 Å². The van der Waals surface area contributed by atoms with Crippen LogP contribution in [0.25, 0.3) is 33.0 Å². The number of aliphatic hydroxyl groups excluding tert-OH is 1. The van der Waals surface area contributed by atoms with Gasteiger partial charge in [-0.3, -0.25) is 14.9 Å². The minimum absolute atomic E-state index is 0.0828. The van der Waals surface area contributed by atoms with E-state index >= 15 is 0 Å². The maximum absolute atomic E-state index is 13.1. The number of hydrogen-bond acceptors (Lipinski definition) is 5. The number of hydrogen-bond donors (Lipinski definition) is 4. The zero-order chi connectivity index (χ0) is 24.7. The fourth-order valence-electron chi connectivity index (χ4n) is 4.94. The molecule has 4 N–H and O–H groups in total. The third kappa shape index (κ3) is 4.00. The molecular weight excluding hydrogens is 444 g/mol. The largest absolute Gasteiger partial charge is 0.508 e. The van der Waals surface area contributed by atoms with E-state index in [0.29, 0.717) is 28.8 Å². The molecule has 2 aromatic carbocycles. The highest BCUT2D eigenvalue weighted by molar-refractivity contribution is 6.50. The number of likely N-dealkylation sites (N-methyl/N-ethyl adjacent to an activating group) is 1. The van der Waals surface area contributed by atoms with Crippen LogP contribution in [-0.2, 0) is 16.1 Å². The number of amides is 2. The van der Waals surface area contributed by atoms with Crippen LogP contribution in [0.1, 0.15) is 25.0 Å². The molecule has 0 radical (unpaired) electrons. The first-order valence-electron chi connectivity index (χ1n) is 11.8. The number of fused-ring (bicyclic) bond motifs is 2. The summed E-state index contributed by atoms with van der Waals surface area (Å²) in [6.45, 7) is 6.53. The fourth-order valence-corrected chi connectivity index (χ4v) is 4.94. The summed E-state index contributed by atoms with van der Waals surface area (Å²) in [5.41, 5.74) is 3.37. The van der Waals surface area contributed by atoms with E-state index in [1.807, 2.05) is 42.7 Å². The third-order valence-corrected chi connectivity index (χ3v) is 6.70. The highest BCUT2D eigenvalue weighted by atomic mass is 16.3. The molecule has 0 saturated carbocycles. The Morgan fingerprint density at radius 2 is 1.69 bits per heavy atom. The van der Waals surface area contributed by atoms with Gasteiger partial charge in [0.2, 0.25) is 0 Å². The first-order chi connectivity index (χ1) is 16.9. The zero-order valence-corrected chi connectivity index (χ0v) is 19.7. The number of carbonyl (C=O) groups is 2. The van der Waals surface area contributed by atoms with E-state index in [-0.39, 0.29) is 17.9 Å². The number of aromatic hydroxyl groups is 1. The summed E-state index contributed by atoms with van der Waals surface area (Å²) in [5, 5.41) is 25.0. The molecule has 0 bridgehead atoms. The van der Waals surface area contributed by atoms with Crippen molar-refractivity contribution < 1.29 is 19.8 Å². The van der Waals surface area contributed by atoms with Crippen molar-refractivity contribution in [3.05, 3.63) is 66.0 Å². The number of aromatic nitrogens is 2. The lowest BCUT2D eigenvalue weighted by Crippen LogP contribution is -2.34. The Balaban J connectivity index is 1.67. The van der Waals surface area contributed by atoms with E-state index in [4.69, 9.17) is 0 Å². The first-order valence-corrected chi connectivity index (χ1v) is 11.8. The van der Waals surface area contributed by atoms with E-state index in [1.54, 1.807) is 30.6 Å². The molecular formula is C27H28N4O4. The van der Waals surface area contributed by atoms with Crippen molar-refractivity contribution in [3.63, 3.8) is 0 Å². The Morgan fingerprint density at radius 1 is 0.971 bits per heavy atom. The van der Waals surface area contributed by atoms with E-state index in [0.717, 1.165) is 29.4 Å². The molecule has 4 aromatic rings. The Bertz CT molecular complexity index is 1480. The van der Waals surface area contributed by atoms with E-state index in [1.165, 1.54) is 0 Å². The Hall–Kier alpha value is -3.88. The lowest BCUT2D eigenvalue weighted by atomic mass is 9.95. The highest BCUT2D eigenvalue weighted by Gasteiger charge is 2.35. The van der Waals surface area contributed by atoms with Crippen molar-refractivity contribution in [2.24, 2.45) is 0 Å². The van der Waals surface area contributed by atoms with Crippen LogP contribution in [0.2, 0.25) is 0 Å². The normalized spacial score (nSPS) is 15.1. The first kappa shape index (κ1) is 22.9. The standard InChI is InChI=1S/C27H28N4O4/c1-3-30(4-2)13-17(33)14-31-15-21(19-10-9-16(32)11-23(19)31)25-24(26(34)29-27(25)35)20-12-28-22-8-6-5-7-18(20)22/h5-12,15,17,28,32-33H,3-4,13-14H2,1-2H3,(H,29,34,35). The molecule has 35 heavy (non-hydrogen) atoms. The predicted molar refractivity (Wildman–Crippen MR) is 136 cm³/mol. The van der Waals surface area contributed by atoms with Gasteiger partial charge in [-0.15, -0.1) is 0 Å². The number of imide groups is 1. The molecule has 180 valence electrons. The van der Waals surface area contributed by atoms with Gasteiger partial charge in [0, 0.05) is 59.0 Å². The van der Waals surface area contributed by atoms with Crippen LogP contribution in [-0.4, -0.2) is 62.2 Å². The lowest BCUT2D eigenvalue weighted by Gasteiger charge is -2.22. The molecule has 1 atom stereocenters. The number of aromatic amines is 1. The average molecular weight is 473 g/mol. The molecule has 8 heteroatoms. The number of para-hydroxylation sites is 1. The Kier molecular flexibility index (Phi) is 5.92. The van der Waals surface area contributed by atoms with Gasteiger partial charge in [0.25, 0.3) is 11.8 Å². The Labute approximate surface area is 202 Å². The third-order valence-electron chi connectivity index (χ3n) is 6.70. The van der Waals surface area contributed by atoms with Gasteiger partial charge in [0.1, 0.15) is 5.75 Å². The number of phenolic OH excluding ortho intramolecular Hbond substituents is 1. The summed E-state index contributed by atoms with van der Waals surface area (Å²) in [4.78, 5) is 31.4. The summed E-state index contributed by atoms with van der Waals surface area (Å²) in [6, 6.07) is 12.5. The second-order valence-corrected chi connectivity index (χ2v) is 8.82. The van der Waals surface area contributed by atoms with Crippen LogP contribution in [0.5, 0.6) is 5.75 Å². The van der Waals surface area contributed by atoms with Gasteiger partial charge >= 0.3 is 0 Å². The van der Waals surface area contributed by atoms with Gasteiger partial charge in [-0.2, -0.15) is 0 Å². The van der Waals surface area contributed by atoms with Crippen molar-refractivity contribution in [3.8, 4) is 5.75 Å². The highest BCUT2D eigenvalue weighted by Crippen LogP contribution is 2.39. The van der Waals surface area contributed by atoms with Crippen molar-refractivity contribution in [2.45, 2.75) is 26.5 Å². The minimum Gasteiger partial charge on any atom is -0.508 e. The maximum Gasteiger partial charge on any atom is 0.259 e. The van der Waals surface area contributed by atoms with Crippen LogP contribution in [0.15, 0.2) is 54.9 Å². The average Bonchev–Trinajstić information content (AvgIpc) is 3.50. The molecule has 3 heterocycles. The number of aliphatic hydroxyl groups is 1. The number of benzene rings is 2. The predicted octanol–water partition coefficient (Wildman–Crippen LogP) is 3.10. The van der Waals surface area contributed by atoms with Crippen LogP contribution >= 0.6 is 0 Å². The molecule has 1 aliphatic heterocycles. The van der Waals surface area contributed by atoms with Gasteiger partial charge in [-0.1, -0.05) is 32.0 Å². The van der Waals surface area contributed by atoms with E-state index in [9.17, 15) is 19.8 Å². The second-order valence-electron chi connectivity index (χ2n) is 8.82. The quantitative estimate of drug-likeness (QED) is 0.295. The summed E-state index contributed by atoms with van der Waals surface area (Å²) in [6.07, 6.45) is 2.89. The van der Waals surface area contributed by atoms with Crippen molar-refractivity contribution >= 4 is 44.8 Å². The number of phenols is 1. The summed E-state index contributed by atoms with van der Waals surface area (Å²) in [7, 11) is 0. The SMILES string of the molecule is CCN(CC)CC(O)Cn1cc(C2=C(c3c[nH]c4ccccc34)C(=O)NC2=O)c2ccc(O)cc21. The molecule has 0 saturated heterocycles. The summed E-state index contributed by atoms with van der Waals surface area (Å²) in [5.74, 6) is -0.832. The number of H-pyrrole nitrogens is 1. The molecule has 0 spiro atoms. The van der Waals surface area contributed by atoms with Crippen LogP contribution in [0.3, 0.4) is 0 Å². The molecule has 5 rings (SSSR count). The van der Waals surface area contributed by atoms with Gasteiger partial charge in [0.05, 0.1) is 22.8 Å². The smallest absolute Gasteiger partial charge is 0.259 e. The minimum atomic E-state index is -0.651. The topological polar surface area (TPSA) is 111 Å². The molecule has 1 aliphatic rings. The summed E-state index contributed by atoms with van der Waals surface area (Å²) < 4.78 is 1.84. The van der Waals surface area contributed by atoms with Gasteiger partial charge in [0.15, 0.2) is 0 Å². The van der Waals surface area contributed by atoms with Crippen molar-refractivity contribution in [2.75, 3.05) is 19.6 Å². The second kappa shape index (κ2) is 9.05. The number of nitrogens with zero attached hydrogens (tertiary/aromatic N) is 2. The molecule has 0 fully saturated rings. The van der Waals surface area contributed by atoms with Crippen LogP contribution < -0.4 is 5.32 Å². The summed E-state index contributed by atoms with van der Waals surface area (Å²) >= 11 is 0. The molecule has 8 nitrogen and oxygen atoms in total. The van der Waals surface area contributed by atoms with Crippen LogP contribution in [0.4, 0.5) is 0 Å². The van der Waals surface area contributed by atoms with Crippen molar-refractivity contribution in [1.82, 2.24) is 19.8 Å². The fraction of sp³-hybridized carbons (Fsp3) is 0.259. The molecule has 0 aliphatic carbocycles. The van der Waals surface area contributed by atoms with E-state index in [2.05, 4.69) is 15.2 Å². The van der Waals surface area contributed by atoms with Crippen molar-refractivity contribution in [1.29, 1.82) is 0 Å². The van der Waals surface area contributed by atoms with Crippen LogP contribution in [0, 0.1) is 0 Å². The molecule has 1 unspecified atom stereocenters. The number of rotatable bonds is 8. The number of carbonyl (C=O) groups excluding carboxylic acids is 2.